The van der Waals surface area contributed by atoms with Gasteiger partial charge < -0.3 is 9.47 Å². The molecular weight excluding hydrogens is 367 g/mol. The lowest BCUT2D eigenvalue weighted by Crippen LogP contribution is -2.50. The van der Waals surface area contributed by atoms with Gasteiger partial charge in [-0.3, -0.25) is 25.2 Å². The highest BCUT2D eigenvalue weighted by Gasteiger charge is 2.19. The molecule has 0 aliphatic carbocycles. The first kappa shape index (κ1) is 20.9. The maximum Gasteiger partial charge on any atom is 0.279 e. The number of carbonyl (C=O) groups is 3. The van der Waals surface area contributed by atoms with Gasteiger partial charge >= 0.3 is 0 Å². The number of amides is 2. The third-order valence-corrected chi connectivity index (χ3v) is 3.75. The summed E-state index contributed by atoms with van der Waals surface area (Å²) < 4.78 is 23.7. The zero-order valence-electron chi connectivity index (χ0n) is 15.7. The summed E-state index contributed by atoms with van der Waals surface area (Å²) in [5.74, 6) is -0.916. The van der Waals surface area contributed by atoms with Gasteiger partial charge in [0, 0.05) is 5.56 Å². The Hall–Kier alpha value is -3.42. The van der Waals surface area contributed by atoms with Gasteiger partial charge in [0.2, 0.25) is 0 Å². The monoisotopic (exact) mass is 388 g/mol. The molecule has 2 unspecified atom stereocenters. The molecule has 2 rings (SSSR count). The first-order valence-electron chi connectivity index (χ1n) is 8.56. The van der Waals surface area contributed by atoms with Gasteiger partial charge in [0.1, 0.15) is 17.3 Å². The zero-order chi connectivity index (χ0) is 20.7. The quantitative estimate of drug-likeness (QED) is 0.561. The highest BCUT2D eigenvalue weighted by atomic mass is 19.1. The van der Waals surface area contributed by atoms with Crippen LogP contribution >= 0.6 is 0 Å². The van der Waals surface area contributed by atoms with Crippen LogP contribution in [0.25, 0.3) is 0 Å². The normalized spacial score (nSPS) is 12.4. The van der Waals surface area contributed by atoms with Crippen molar-refractivity contribution in [3.63, 3.8) is 0 Å². The van der Waals surface area contributed by atoms with Gasteiger partial charge in [-0.15, -0.1) is 0 Å². The lowest BCUT2D eigenvalue weighted by atomic mass is 10.1. The van der Waals surface area contributed by atoms with Crippen LogP contribution < -0.4 is 20.3 Å². The Morgan fingerprint density at radius 1 is 0.786 bits per heavy atom. The number of rotatable bonds is 7. The van der Waals surface area contributed by atoms with Crippen molar-refractivity contribution >= 4 is 17.6 Å². The number of benzene rings is 2. The van der Waals surface area contributed by atoms with Crippen LogP contribution in [-0.4, -0.2) is 29.8 Å². The van der Waals surface area contributed by atoms with Gasteiger partial charge in [-0.2, -0.15) is 0 Å². The van der Waals surface area contributed by atoms with E-state index in [2.05, 4.69) is 10.9 Å². The summed E-state index contributed by atoms with van der Waals surface area (Å²) in [6.45, 7) is 4.45. The standard InChI is InChI=1S/C20H21FN2O5/c1-12(24)15-4-8-17(9-5-15)27-13(2)19(25)22-23-20(26)14(3)28-18-10-6-16(21)7-11-18/h4-11,13-14H,1-3H3,(H,22,25)(H,23,26). The molecular formula is C20H21FN2O5. The minimum Gasteiger partial charge on any atom is -0.481 e. The predicted octanol–water partition coefficient (Wildman–Crippen LogP) is 2.41. The van der Waals surface area contributed by atoms with Crippen LogP contribution in [0.4, 0.5) is 4.39 Å². The average molecular weight is 388 g/mol. The van der Waals surface area contributed by atoms with E-state index in [4.69, 9.17) is 9.47 Å². The highest BCUT2D eigenvalue weighted by molar-refractivity contribution is 5.94. The minimum absolute atomic E-state index is 0.0722. The SMILES string of the molecule is CC(=O)c1ccc(OC(C)C(=O)NNC(=O)C(C)Oc2ccc(F)cc2)cc1. The lowest BCUT2D eigenvalue weighted by Gasteiger charge is -2.17. The first-order chi connectivity index (χ1) is 13.3. The number of ether oxygens (including phenoxy) is 2. The molecule has 0 fully saturated rings. The topological polar surface area (TPSA) is 93.7 Å². The third-order valence-electron chi connectivity index (χ3n) is 3.75. The Morgan fingerprint density at radius 3 is 1.57 bits per heavy atom. The minimum atomic E-state index is -0.916. The van der Waals surface area contributed by atoms with E-state index in [9.17, 15) is 18.8 Å². The number of Topliss-reactive ketones (excluding diaryl/α,β-unsaturated/α-hetero) is 1. The van der Waals surface area contributed by atoms with Crippen molar-refractivity contribution in [3.8, 4) is 11.5 Å². The van der Waals surface area contributed by atoms with Gasteiger partial charge in [-0.25, -0.2) is 4.39 Å². The second kappa shape index (κ2) is 9.50. The van der Waals surface area contributed by atoms with Gasteiger partial charge in [0.05, 0.1) is 0 Å². The second-order valence-corrected chi connectivity index (χ2v) is 6.03. The molecule has 0 aromatic heterocycles. The number of ketones is 1. The van der Waals surface area contributed by atoms with Crippen LogP contribution in [0.2, 0.25) is 0 Å². The molecule has 0 aliphatic rings. The molecule has 0 spiro atoms. The first-order valence-corrected chi connectivity index (χ1v) is 8.56. The van der Waals surface area contributed by atoms with Crippen LogP contribution in [-0.2, 0) is 9.59 Å². The predicted molar refractivity (Wildman–Crippen MR) is 99.3 cm³/mol. The number of hydrogen-bond acceptors (Lipinski definition) is 5. The highest BCUT2D eigenvalue weighted by Crippen LogP contribution is 2.15. The summed E-state index contributed by atoms with van der Waals surface area (Å²) in [5, 5.41) is 0. The molecule has 148 valence electrons. The molecule has 2 amide bonds. The van der Waals surface area contributed by atoms with E-state index in [0.29, 0.717) is 17.1 Å². The molecule has 2 N–H and O–H groups in total. The molecule has 0 aliphatic heterocycles. The Bertz CT molecular complexity index is 837. The number of halogens is 1. The molecule has 2 aromatic rings. The molecule has 2 aromatic carbocycles. The molecule has 28 heavy (non-hydrogen) atoms. The van der Waals surface area contributed by atoms with Crippen molar-refractivity contribution in [3.05, 3.63) is 59.9 Å². The van der Waals surface area contributed by atoms with Crippen molar-refractivity contribution in [1.82, 2.24) is 10.9 Å². The molecule has 0 saturated carbocycles. The maximum absolute atomic E-state index is 12.9. The van der Waals surface area contributed by atoms with E-state index < -0.39 is 29.8 Å². The summed E-state index contributed by atoms with van der Waals surface area (Å²) in [6, 6.07) is 11.6. The smallest absolute Gasteiger partial charge is 0.279 e. The molecule has 7 nitrogen and oxygen atoms in total. The average Bonchev–Trinajstić information content (AvgIpc) is 2.67. The number of nitrogens with one attached hydrogen (secondary N) is 2. The van der Waals surface area contributed by atoms with Gasteiger partial charge in [-0.1, -0.05) is 0 Å². The summed E-state index contributed by atoms with van der Waals surface area (Å²) >= 11 is 0. The van der Waals surface area contributed by atoms with E-state index in [1.54, 1.807) is 24.3 Å². The zero-order valence-corrected chi connectivity index (χ0v) is 15.7. The molecule has 0 radical (unpaired) electrons. The third kappa shape index (κ3) is 6.08. The number of hydrazine groups is 1. The van der Waals surface area contributed by atoms with Gasteiger partial charge in [-0.05, 0) is 69.3 Å². The van der Waals surface area contributed by atoms with Crippen LogP contribution in [0, 0.1) is 5.82 Å². The second-order valence-electron chi connectivity index (χ2n) is 6.03. The van der Waals surface area contributed by atoms with Crippen LogP contribution in [0.1, 0.15) is 31.1 Å². The van der Waals surface area contributed by atoms with Gasteiger partial charge in [0.15, 0.2) is 18.0 Å². The Kier molecular flexibility index (Phi) is 7.08. The Morgan fingerprint density at radius 2 is 1.18 bits per heavy atom. The van der Waals surface area contributed by atoms with Crippen molar-refractivity contribution in [2.75, 3.05) is 0 Å². The molecule has 2 atom stereocenters. The summed E-state index contributed by atoms with van der Waals surface area (Å²) in [6.07, 6.45) is -1.81. The number of carbonyl (C=O) groups excluding carboxylic acids is 3. The largest absolute Gasteiger partial charge is 0.481 e. The lowest BCUT2D eigenvalue weighted by molar-refractivity contribution is -0.135. The van der Waals surface area contributed by atoms with E-state index in [1.165, 1.54) is 45.0 Å². The summed E-state index contributed by atoms with van der Waals surface area (Å²) in [7, 11) is 0. The van der Waals surface area contributed by atoms with Crippen molar-refractivity contribution < 1.29 is 28.2 Å². The Labute approximate surface area is 161 Å². The van der Waals surface area contributed by atoms with E-state index in [0.717, 1.165) is 0 Å². The summed E-state index contributed by atoms with van der Waals surface area (Å²) in [5.41, 5.74) is 5.03. The van der Waals surface area contributed by atoms with Crippen molar-refractivity contribution in [1.29, 1.82) is 0 Å². The van der Waals surface area contributed by atoms with E-state index in [1.807, 2.05) is 0 Å². The van der Waals surface area contributed by atoms with Crippen molar-refractivity contribution in [2.24, 2.45) is 0 Å². The van der Waals surface area contributed by atoms with E-state index in [-0.39, 0.29) is 5.78 Å². The maximum atomic E-state index is 12.9. The van der Waals surface area contributed by atoms with E-state index >= 15 is 0 Å². The van der Waals surface area contributed by atoms with Crippen LogP contribution in [0.15, 0.2) is 48.5 Å². The van der Waals surface area contributed by atoms with Gasteiger partial charge in [0.25, 0.3) is 11.8 Å². The number of hydrogen-bond donors (Lipinski definition) is 2. The molecule has 0 saturated heterocycles. The van der Waals surface area contributed by atoms with Crippen LogP contribution in [0.5, 0.6) is 11.5 Å². The molecule has 0 bridgehead atoms. The Balaban J connectivity index is 1.80. The summed E-state index contributed by atoms with van der Waals surface area (Å²) in [4.78, 5) is 35.3. The fourth-order valence-corrected chi connectivity index (χ4v) is 2.12. The fourth-order valence-electron chi connectivity index (χ4n) is 2.12. The van der Waals surface area contributed by atoms with Crippen molar-refractivity contribution in [2.45, 2.75) is 33.0 Å². The fraction of sp³-hybridized carbons (Fsp3) is 0.250. The van der Waals surface area contributed by atoms with Crippen LogP contribution in [0.3, 0.4) is 0 Å². The molecule has 0 heterocycles. The molecule has 8 heteroatoms.